The highest BCUT2D eigenvalue weighted by Crippen LogP contribution is 2.44. The standard InChI is InChI=1S/C13H24O3/c1-3-4-8-16-9-7-13(12(14)15)6-5-11(2)10-13/h11H,3-10H2,1-2H3,(H,14,15). The molecule has 3 heteroatoms. The number of ether oxygens (including phenoxy) is 1. The first kappa shape index (κ1) is 13.5. The zero-order valence-corrected chi connectivity index (χ0v) is 10.5. The minimum absolute atomic E-state index is 0.494. The average Bonchev–Trinajstić information content (AvgIpc) is 2.61. The molecule has 1 fully saturated rings. The molecule has 2 unspecified atom stereocenters. The van der Waals surface area contributed by atoms with Crippen molar-refractivity contribution >= 4 is 5.97 Å². The third-order valence-corrected chi connectivity index (χ3v) is 3.68. The molecule has 0 amide bonds. The Morgan fingerprint density at radius 1 is 1.50 bits per heavy atom. The summed E-state index contributed by atoms with van der Waals surface area (Å²) >= 11 is 0. The van der Waals surface area contributed by atoms with Gasteiger partial charge >= 0.3 is 5.97 Å². The Kier molecular flexibility index (Phi) is 5.26. The third-order valence-electron chi connectivity index (χ3n) is 3.68. The number of aliphatic carboxylic acids is 1. The van der Waals surface area contributed by atoms with Crippen LogP contribution in [-0.4, -0.2) is 24.3 Å². The number of carboxylic acid groups (broad SMARTS) is 1. The average molecular weight is 228 g/mol. The second kappa shape index (κ2) is 6.24. The van der Waals surface area contributed by atoms with E-state index < -0.39 is 11.4 Å². The Labute approximate surface area is 98.2 Å². The summed E-state index contributed by atoms with van der Waals surface area (Å²) in [6.45, 7) is 5.63. The number of rotatable bonds is 7. The van der Waals surface area contributed by atoms with Crippen LogP contribution in [0, 0.1) is 11.3 Å². The summed E-state index contributed by atoms with van der Waals surface area (Å²) in [5.74, 6) is -0.0808. The van der Waals surface area contributed by atoms with Crippen molar-refractivity contribution in [3.05, 3.63) is 0 Å². The lowest BCUT2D eigenvalue weighted by Crippen LogP contribution is -2.29. The van der Waals surface area contributed by atoms with E-state index in [0.29, 0.717) is 18.9 Å². The van der Waals surface area contributed by atoms with Crippen molar-refractivity contribution in [2.24, 2.45) is 11.3 Å². The van der Waals surface area contributed by atoms with E-state index in [-0.39, 0.29) is 0 Å². The lowest BCUT2D eigenvalue weighted by atomic mass is 9.82. The Balaban J connectivity index is 2.32. The number of hydrogen-bond acceptors (Lipinski definition) is 2. The quantitative estimate of drug-likeness (QED) is 0.681. The van der Waals surface area contributed by atoms with Gasteiger partial charge in [0.05, 0.1) is 5.41 Å². The molecule has 2 atom stereocenters. The molecule has 16 heavy (non-hydrogen) atoms. The van der Waals surface area contributed by atoms with Gasteiger partial charge in [0, 0.05) is 13.2 Å². The van der Waals surface area contributed by atoms with E-state index in [1.807, 2.05) is 0 Å². The van der Waals surface area contributed by atoms with Gasteiger partial charge in [-0.1, -0.05) is 20.3 Å². The molecule has 0 bridgehead atoms. The van der Waals surface area contributed by atoms with Gasteiger partial charge in [-0.05, 0) is 38.0 Å². The molecule has 1 saturated carbocycles. The highest BCUT2D eigenvalue weighted by atomic mass is 16.5. The predicted octanol–water partition coefficient (Wildman–Crippen LogP) is 3.08. The lowest BCUT2D eigenvalue weighted by molar-refractivity contribution is -0.150. The maximum atomic E-state index is 11.3. The van der Waals surface area contributed by atoms with Gasteiger partial charge in [0.25, 0.3) is 0 Å². The van der Waals surface area contributed by atoms with Crippen LogP contribution >= 0.6 is 0 Å². The maximum Gasteiger partial charge on any atom is 0.309 e. The smallest absolute Gasteiger partial charge is 0.309 e. The van der Waals surface area contributed by atoms with Crippen molar-refractivity contribution in [2.45, 2.75) is 52.4 Å². The molecule has 0 heterocycles. The summed E-state index contributed by atoms with van der Waals surface area (Å²) in [7, 11) is 0. The van der Waals surface area contributed by atoms with Crippen molar-refractivity contribution in [2.75, 3.05) is 13.2 Å². The molecular weight excluding hydrogens is 204 g/mol. The van der Waals surface area contributed by atoms with Crippen LogP contribution in [0.15, 0.2) is 0 Å². The van der Waals surface area contributed by atoms with Gasteiger partial charge in [-0.3, -0.25) is 4.79 Å². The molecule has 0 saturated heterocycles. The second-order valence-corrected chi connectivity index (χ2v) is 5.15. The van der Waals surface area contributed by atoms with E-state index in [1.54, 1.807) is 0 Å². The van der Waals surface area contributed by atoms with Crippen LogP contribution in [0.25, 0.3) is 0 Å². The van der Waals surface area contributed by atoms with Crippen molar-refractivity contribution in [1.29, 1.82) is 0 Å². The van der Waals surface area contributed by atoms with Crippen molar-refractivity contribution in [1.82, 2.24) is 0 Å². The number of carboxylic acids is 1. The molecule has 0 aromatic heterocycles. The fraction of sp³-hybridized carbons (Fsp3) is 0.923. The summed E-state index contributed by atoms with van der Waals surface area (Å²) < 4.78 is 5.48. The molecule has 94 valence electrons. The van der Waals surface area contributed by atoms with Gasteiger partial charge < -0.3 is 9.84 Å². The molecular formula is C13H24O3. The fourth-order valence-corrected chi connectivity index (χ4v) is 2.54. The third kappa shape index (κ3) is 3.48. The highest BCUT2D eigenvalue weighted by Gasteiger charge is 2.43. The van der Waals surface area contributed by atoms with Gasteiger partial charge in [0.2, 0.25) is 0 Å². The first-order valence-electron chi connectivity index (χ1n) is 6.42. The molecule has 1 aliphatic rings. The van der Waals surface area contributed by atoms with Gasteiger partial charge in [-0.2, -0.15) is 0 Å². The van der Waals surface area contributed by atoms with Gasteiger partial charge in [0.15, 0.2) is 0 Å². The molecule has 3 nitrogen and oxygen atoms in total. The minimum Gasteiger partial charge on any atom is -0.481 e. The van der Waals surface area contributed by atoms with Crippen molar-refractivity contribution in [3.63, 3.8) is 0 Å². The van der Waals surface area contributed by atoms with E-state index in [2.05, 4.69) is 13.8 Å². The van der Waals surface area contributed by atoms with E-state index in [4.69, 9.17) is 4.74 Å². The minimum atomic E-state index is -0.629. The first-order chi connectivity index (χ1) is 7.60. The zero-order chi connectivity index (χ0) is 12.0. The van der Waals surface area contributed by atoms with Crippen LogP contribution in [-0.2, 0) is 9.53 Å². The van der Waals surface area contributed by atoms with Crippen molar-refractivity contribution in [3.8, 4) is 0 Å². The van der Waals surface area contributed by atoms with Gasteiger partial charge in [-0.15, -0.1) is 0 Å². The number of carbonyl (C=O) groups is 1. The van der Waals surface area contributed by atoms with Gasteiger partial charge in [0.1, 0.15) is 0 Å². The maximum absolute atomic E-state index is 11.3. The molecule has 0 radical (unpaired) electrons. The summed E-state index contributed by atoms with van der Waals surface area (Å²) in [6.07, 6.45) is 5.55. The van der Waals surface area contributed by atoms with Crippen LogP contribution in [0.5, 0.6) is 0 Å². The van der Waals surface area contributed by atoms with Crippen LogP contribution in [0.3, 0.4) is 0 Å². The SMILES string of the molecule is CCCCOCCC1(C(=O)O)CCC(C)C1. The Bertz CT molecular complexity index is 227. The Hall–Kier alpha value is -0.570. The van der Waals surface area contributed by atoms with E-state index in [9.17, 15) is 9.90 Å². The normalized spacial score (nSPS) is 29.5. The first-order valence-corrected chi connectivity index (χ1v) is 6.42. The van der Waals surface area contributed by atoms with Crippen LogP contribution in [0.1, 0.15) is 52.4 Å². The van der Waals surface area contributed by atoms with Crippen LogP contribution in [0.4, 0.5) is 0 Å². The van der Waals surface area contributed by atoms with E-state index in [0.717, 1.165) is 38.7 Å². The van der Waals surface area contributed by atoms with E-state index >= 15 is 0 Å². The monoisotopic (exact) mass is 228 g/mol. The van der Waals surface area contributed by atoms with Crippen LogP contribution < -0.4 is 0 Å². The fourth-order valence-electron chi connectivity index (χ4n) is 2.54. The molecule has 0 spiro atoms. The lowest BCUT2D eigenvalue weighted by Gasteiger charge is -2.23. The molecule has 0 aliphatic heterocycles. The molecule has 1 N–H and O–H groups in total. The molecule has 1 aliphatic carbocycles. The largest absolute Gasteiger partial charge is 0.481 e. The second-order valence-electron chi connectivity index (χ2n) is 5.15. The summed E-state index contributed by atoms with van der Waals surface area (Å²) in [4.78, 5) is 11.3. The zero-order valence-electron chi connectivity index (χ0n) is 10.5. The van der Waals surface area contributed by atoms with E-state index in [1.165, 1.54) is 0 Å². The topological polar surface area (TPSA) is 46.5 Å². The Morgan fingerprint density at radius 3 is 2.75 bits per heavy atom. The number of hydrogen-bond donors (Lipinski definition) is 1. The van der Waals surface area contributed by atoms with Gasteiger partial charge in [-0.25, -0.2) is 0 Å². The Morgan fingerprint density at radius 2 is 2.25 bits per heavy atom. The van der Waals surface area contributed by atoms with Crippen molar-refractivity contribution < 1.29 is 14.6 Å². The van der Waals surface area contributed by atoms with Crippen LogP contribution in [0.2, 0.25) is 0 Å². The summed E-state index contributed by atoms with van der Waals surface area (Å²) in [6, 6.07) is 0. The predicted molar refractivity (Wildman–Crippen MR) is 63.4 cm³/mol. The highest BCUT2D eigenvalue weighted by molar-refractivity contribution is 5.75. The molecule has 1 rings (SSSR count). The summed E-state index contributed by atoms with van der Waals surface area (Å²) in [5.41, 5.74) is -0.494. The summed E-state index contributed by atoms with van der Waals surface area (Å²) in [5, 5.41) is 9.33. The molecule has 0 aromatic carbocycles. The number of unbranched alkanes of at least 4 members (excludes halogenated alkanes) is 1. The molecule has 0 aromatic rings.